The molecule has 0 radical (unpaired) electrons. The summed E-state index contributed by atoms with van der Waals surface area (Å²) in [6.07, 6.45) is 1.36. The fraction of sp³-hybridized carbons (Fsp3) is 0. The molecule has 2 rings (SSSR count). The van der Waals surface area contributed by atoms with E-state index in [1.165, 1.54) is 12.3 Å². The van der Waals surface area contributed by atoms with Gasteiger partial charge in [0.15, 0.2) is 5.82 Å². The van der Waals surface area contributed by atoms with E-state index in [1.807, 2.05) is 0 Å². The Hall–Kier alpha value is -1.90. The lowest BCUT2D eigenvalue weighted by Crippen LogP contribution is -2.14. The van der Waals surface area contributed by atoms with Crippen molar-refractivity contribution in [1.29, 1.82) is 0 Å². The molecule has 0 aliphatic carbocycles. The third-order valence-corrected chi connectivity index (χ3v) is 4.53. The molecule has 0 bridgehead atoms. The maximum absolute atomic E-state index is 12.2. The molecule has 0 saturated carbocycles. The lowest BCUT2D eigenvalue weighted by molar-refractivity contribution is -0.384. The molecule has 110 valence electrons. The molecule has 10 heteroatoms. The van der Waals surface area contributed by atoms with Crippen molar-refractivity contribution in [2.75, 3.05) is 4.72 Å². The van der Waals surface area contributed by atoms with Crippen LogP contribution >= 0.6 is 23.2 Å². The lowest BCUT2D eigenvalue weighted by Gasteiger charge is -2.09. The van der Waals surface area contributed by atoms with Crippen LogP contribution < -0.4 is 4.72 Å². The molecule has 0 aliphatic rings. The molecule has 0 amide bonds. The van der Waals surface area contributed by atoms with Crippen LogP contribution in [0.2, 0.25) is 10.0 Å². The van der Waals surface area contributed by atoms with Gasteiger partial charge in [-0.15, -0.1) is 0 Å². The average Bonchev–Trinajstić information content (AvgIpc) is 2.40. The SMILES string of the molecule is O=[N+]([O-])c1ccc(S(=O)(=O)Nc2ncccc2Cl)c(Cl)c1. The van der Waals surface area contributed by atoms with Crippen molar-refractivity contribution in [3.05, 3.63) is 56.7 Å². The minimum atomic E-state index is -4.06. The zero-order chi connectivity index (χ0) is 15.6. The molecule has 1 aromatic heterocycles. The average molecular weight is 348 g/mol. The number of rotatable bonds is 4. The Bertz CT molecular complexity index is 811. The van der Waals surface area contributed by atoms with Crippen LogP contribution in [0.4, 0.5) is 11.5 Å². The topological polar surface area (TPSA) is 102 Å². The first-order valence-electron chi connectivity index (χ1n) is 5.38. The number of nitro benzene ring substituents is 1. The number of halogens is 2. The number of nitrogens with zero attached hydrogens (tertiary/aromatic N) is 2. The number of nitro groups is 1. The van der Waals surface area contributed by atoms with Gasteiger partial charge in [-0.3, -0.25) is 14.8 Å². The number of hydrogen-bond acceptors (Lipinski definition) is 5. The number of benzene rings is 1. The summed E-state index contributed by atoms with van der Waals surface area (Å²) in [4.78, 5) is 13.4. The van der Waals surface area contributed by atoms with Crippen molar-refractivity contribution >= 4 is 44.7 Å². The van der Waals surface area contributed by atoms with Gasteiger partial charge >= 0.3 is 0 Å². The predicted octanol–water partition coefficient (Wildman–Crippen LogP) is 3.10. The number of non-ortho nitro benzene ring substituents is 1. The monoisotopic (exact) mass is 347 g/mol. The van der Waals surface area contributed by atoms with E-state index in [1.54, 1.807) is 6.07 Å². The van der Waals surface area contributed by atoms with Crippen LogP contribution in [0.3, 0.4) is 0 Å². The van der Waals surface area contributed by atoms with Gasteiger partial charge in [0.2, 0.25) is 0 Å². The smallest absolute Gasteiger partial charge is 0.262 e. The molecule has 0 saturated heterocycles. The van der Waals surface area contributed by atoms with E-state index in [9.17, 15) is 18.5 Å². The van der Waals surface area contributed by atoms with E-state index in [0.717, 1.165) is 18.2 Å². The van der Waals surface area contributed by atoms with Crippen molar-refractivity contribution in [3.63, 3.8) is 0 Å². The first kappa shape index (κ1) is 15.5. The molecule has 0 fully saturated rings. The van der Waals surface area contributed by atoms with Crippen LogP contribution in [0.15, 0.2) is 41.4 Å². The summed E-state index contributed by atoms with van der Waals surface area (Å²) in [6, 6.07) is 6.04. The van der Waals surface area contributed by atoms with Crippen LogP contribution in [0.1, 0.15) is 0 Å². The van der Waals surface area contributed by atoms with Gasteiger partial charge in [0, 0.05) is 18.3 Å². The van der Waals surface area contributed by atoms with E-state index in [4.69, 9.17) is 23.2 Å². The molecule has 0 atom stereocenters. The molecular weight excluding hydrogens is 341 g/mol. The Kier molecular flexibility index (Phi) is 4.31. The molecule has 1 heterocycles. The maximum atomic E-state index is 12.2. The van der Waals surface area contributed by atoms with Crippen LogP contribution in [0.25, 0.3) is 0 Å². The fourth-order valence-electron chi connectivity index (χ4n) is 1.46. The molecule has 0 spiro atoms. The maximum Gasteiger partial charge on any atom is 0.271 e. The lowest BCUT2D eigenvalue weighted by atomic mass is 10.3. The summed E-state index contributed by atoms with van der Waals surface area (Å²) in [5.41, 5.74) is -0.310. The number of nitrogens with one attached hydrogen (secondary N) is 1. The van der Waals surface area contributed by atoms with Crippen molar-refractivity contribution in [3.8, 4) is 0 Å². The highest BCUT2D eigenvalue weighted by molar-refractivity contribution is 7.92. The molecule has 0 aliphatic heterocycles. The molecule has 21 heavy (non-hydrogen) atoms. The molecule has 1 aromatic carbocycles. The van der Waals surface area contributed by atoms with Gasteiger partial charge < -0.3 is 0 Å². The Labute approximate surface area is 129 Å². The van der Waals surface area contributed by atoms with Crippen molar-refractivity contribution in [2.24, 2.45) is 0 Å². The quantitative estimate of drug-likeness (QED) is 0.676. The zero-order valence-corrected chi connectivity index (χ0v) is 12.5. The van der Waals surface area contributed by atoms with Crippen LogP contribution in [0, 0.1) is 10.1 Å². The van der Waals surface area contributed by atoms with Gasteiger partial charge in [-0.05, 0) is 18.2 Å². The van der Waals surface area contributed by atoms with Crippen molar-refractivity contribution in [2.45, 2.75) is 4.90 Å². The Morgan fingerprint density at radius 3 is 2.48 bits per heavy atom. The normalized spacial score (nSPS) is 11.1. The first-order chi connectivity index (χ1) is 9.81. The first-order valence-corrected chi connectivity index (χ1v) is 7.62. The second-order valence-electron chi connectivity index (χ2n) is 3.81. The van der Waals surface area contributed by atoms with Gasteiger partial charge in [0.1, 0.15) is 4.90 Å². The van der Waals surface area contributed by atoms with Gasteiger partial charge in [-0.25, -0.2) is 13.4 Å². The highest BCUT2D eigenvalue weighted by atomic mass is 35.5. The Balaban J connectivity index is 2.41. The third-order valence-electron chi connectivity index (χ3n) is 2.41. The predicted molar refractivity (Wildman–Crippen MR) is 78.2 cm³/mol. The van der Waals surface area contributed by atoms with Gasteiger partial charge in [0.05, 0.1) is 15.0 Å². The summed E-state index contributed by atoms with van der Waals surface area (Å²) in [6.45, 7) is 0. The van der Waals surface area contributed by atoms with Crippen molar-refractivity contribution in [1.82, 2.24) is 4.98 Å². The number of sulfonamides is 1. The Morgan fingerprint density at radius 1 is 1.19 bits per heavy atom. The minimum absolute atomic E-state index is 0.0615. The molecular formula is C11H7Cl2N3O4S. The third kappa shape index (κ3) is 3.41. The van der Waals surface area contributed by atoms with Crippen LogP contribution in [0.5, 0.6) is 0 Å². The summed E-state index contributed by atoms with van der Waals surface area (Å²) in [7, 11) is -4.06. The number of aromatic nitrogens is 1. The second-order valence-corrected chi connectivity index (χ2v) is 6.28. The fourth-order valence-corrected chi connectivity index (χ4v) is 3.26. The molecule has 2 aromatic rings. The van der Waals surface area contributed by atoms with Gasteiger partial charge in [0.25, 0.3) is 15.7 Å². The van der Waals surface area contributed by atoms with E-state index in [0.29, 0.717) is 0 Å². The van der Waals surface area contributed by atoms with Crippen LogP contribution in [-0.4, -0.2) is 18.3 Å². The van der Waals surface area contributed by atoms with E-state index >= 15 is 0 Å². The largest absolute Gasteiger partial charge is 0.271 e. The molecule has 0 unspecified atom stereocenters. The van der Waals surface area contributed by atoms with Crippen molar-refractivity contribution < 1.29 is 13.3 Å². The summed E-state index contributed by atoms with van der Waals surface area (Å²) < 4.78 is 26.6. The van der Waals surface area contributed by atoms with E-state index < -0.39 is 14.9 Å². The second kappa shape index (κ2) is 5.84. The highest BCUT2D eigenvalue weighted by Gasteiger charge is 2.21. The molecule has 1 N–H and O–H groups in total. The minimum Gasteiger partial charge on any atom is -0.262 e. The van der Waals surface area contributed by atoms with Gasteiger partial charge in [-0.2, -0.15) is 0 Å². The standard InChI is InChI=1S/C11H7Cl2N3O4S/c12-8-2-1-5-14-11(8)15-21(19,20)10-4-3-7(16(17)18)6-9(10)13/h1-6H,(H,14,15). The summed E-state index contributed by atoms with van der Waals surface area (Å²) >= 11 is 11.6. The number of pyridine rings is 1. The van der Waals surface area contributed by atoms with E-state index in [-0.39, 0.29) is 26.4 Å². The summed E-state index contributed by atoms with van der Waals surface area (Å²) in [5.74, 6) is -0.0615. The van der Waals surface area contributed by atoms with Crippen LogP contribution in [-0.2, 0) is 10.0 Å². The molecule has 7 nitrogen and oxygen atoms in total. The number of anilines is 1. The van der Waals surface area contributed by atoms with Gasteiger partial charge in [-0.1, -0.05) is 23.2 Å². The zero-order valence-electron chi connectivity index (χ0n) is 10.2. The Morgan fingerprint density at radius 2 is 1.90 bits per heavy atom. The number of hydrogen-bond donors (Lipinski definition) is 1. The highest BCUT2D eigenvalue weighted by Crippen LogP contribution is 2.28. The summed E-state index contributed by atoms with van der Waals surface area (Å²) in [5, 5.41) is 10.4. The van der Waals surface area contributed by atoms with E-state index in [2.05, 4.69) is 9.71 Å².